The molecule has 3 aromatic rings. The molecule has 2 amide bonds. The van der Waals surface area contributed by atoms with Crippen LogP contribution in [0.15, 0.2) is 65.3 Å². The van der Waals surface area contributed by atoms with Crippen LogP contribution in [0.3, 0.4) is 0 Å². The molecule has 1 N–H and O–H groups in total. The molecule has 1 fully saturated rings. The summed E-state index contributed by atoms with van der Waals surface area (Å²) in [5.41, 5.74) is 2.03. The molecule has 0 spiro atoms. The molecule has 4 rings (SSSR count). The Morgan fingerprint density at radius 1 is 1.06 bits per heavy atom. The Kier molecular flexibility index (Phi) is 7.19. The maximum absolute atomic E-state index is 12.6. The normalized spacial score (nSPS) is 13.6. The molecule has 172 valence electrons. The minimum atomic E-state index is -0.217. The van der Waals surface area contributed by atoms with Gasteiger partial charge in [0.2, 0.25) is 0 Å². The number of rotatable bonds is 7. The average Bonchev–Trinajstić information content (AvgIpc) is 3.38. The van der Waals surface area contributed by atoms with E-state index >= 15 is 0 Å². The third-order valence-corrected chi connectivity index (χ3v) is 5.74. The van der Waals surface area contributed by atoms with Crippen molar-refractivity contribution in [2.24, 2.45) is 0 Å². The molecule has 0 unspecified atom stereocenters. The average molecular weight is 468 g/mol. The Morgan fingerprint density at radius 3 is 2.45 bits per heavy atom. The highest BCUT2D eigenvalue weighted by molar-refractivity contribution is 6.33. The third-order valence-electron chi connectivity index (χ3n) is 5.43. The molecule has 0 radical (unpaired) electrons. The van der Waals surface area contributed by atoms with Gasteiger partial charge in [-0.25, -0.2) is 0 Å². The number of nitrogens with one attached hydrogen (secondary N) is 1. The van der Waals surface area contributed by atoms with Gasteiger partial charge in [-0.05, 0) is 61.0 Å². The molecular formula is C25H26ClN3O4. The van der Waals surface area contributed by atoms with Gasteiger partial charge in [-0.3, -0.25) is 9.59 Å². The van der Waals surface area contributed by atoms with Crippen LogP contribution in [-0.2, 0) is 0 Å². The number of furan rings is 1. The zero-order chi connectivity index (χ0) is 23.2. The summed E-state index contributed by atoms with van der Waals surface area (Å²) in [6, 6.07) is 15.9. The van der Waals surface area contributed by atoms with E-state index in [0.717, 1.165) is 17.9 Å². The van der Waals surface area contributed by atoms with Crippen molar-refractivity contribution in [1.29, 1.82) is 0 Å². The van der Waals surface area contributed by atoms with Crippen molar-refractivity contribution in [2.45, 2.75) is 13.3 Å². The fourth-order valence-corrected chi connectivity index (χ4v) is 3.97. The van der Waals surface area contributed by atoms with Gasteiger partial charge in [0.1, 0.15) is 5.75 Å². The number of hydrogen-bond donors (Lipinski definition) is 1. The van der Waals surface area contributed by atoms with E-state index in [4.69, 9.17) is 20.8 Å². The molecule has 0 bridgehead atoms. The molecule has 1 saturated heterocycles. The van der Waals surface area contributed by atoms with E-state index in [0.29, 0.717) is 54.8 Å². The van der Waals surface area contributed by atoms with Crippen molar-refractivity contribution in [3.8, 4) is 5.75 Å². The van der Waals surface area contributed by atoms with Crippen molar-refractivity contribution in [2.75, 3.05) is 43.0 Å². The molecule has 0 aliphatic carbocycles. The fraction of sp³-hybridized carbons (Fsp3) is 0.280. The number of carbonyl (C=O) groups is 2. The van der Waals surface area contributed by atoms with E-state index in [9.17, 15) is 9.59 Å². The molecule has 0 saturated carbocycles. The van der Waals surface area contributed by atoms with Gasteiger partial charge in [0.05, 0.1) is 23.6 Å². The summed E-state index contributed by atoms with van der Waals surface area (Å²) in [6.07, 6.45) is 2.43. The smallest absolute Gasteiger partial charge is 0.289 e. The number of nitrogens with zero attached hydrogens (tertiary/aromatic N) is 2. The molecule has 1 aromatic heterocycles. The Morgan fingerprint density at radius 2 is 1.82 bits per heavy atom. The van der Waals surface area contributed by atoms with Crippen molar-refractivity contribution in [3.63, 3.8) is 0 Å². The third kappa shape index (κ3) is 5.49. The van der Waals surface area contributed by atoms with Crippen LogP contribution in [0.2, 0.25) is 5.02 Å². The van der Waals surface area contributed by atoms with Crippen LogP contribution >= 0.6 is 11.6 Å². The van der Waals surface area contributed by atoms with E-state index in [2.05, 4.69) is 10.2 Å². The summed E-state index contributed by atoms with van der Waals surface area (Å²) in [4.78, 5) is 28.9. The van der Waals surface area contributed by atoms with Crippen LogP contribution in [0.25, 0.3) is 0 Å². The SMILES string of the molecule is CCCOc1ccc(C(=O)Nc2ccc(N3CCN(C(=O)c4ccco4)CC3)c(Cl)c2)cc1. The molecule has 8 heteroatoms. The molecule has 33 heavy (non-hydrogen) atoms. The predicted octanol–water partition coefficient (Wildman–Crippen LogP) is 4.94. The number of amides is 2. The lowest BCUT2D eigenvalue weighted by Gasteiger charge is -2.36. The second kappa shape index (κ2) is 10.4. The predicted molar refractivity (Wildman–Crippen MR) is 128 cm³/mol. The summed E-state index contributed by atoms with van der Waals surface area (Å²) in [5.74, 6) is 0.774. The molecule has 2 aromatic carbocycles. The lowest BCUT2D eigenvalue weighted by atomic mass is 10.2. The van der Waals surface area contributed by atoms with Crippen LogP contribution in [0.4, 0.5) is 11.4 Å². The van der Waals surface area contributed by atoms with Gasteiger partial charge in [0.25, 0.3) is 11.8 Å². The lowest BCUT2D eigenvalue weighted by molar-refractivity contribution is 0.0714. The fourth-order valence-electron chi connectivity index (χ4n) is 3.67. The molecule has 7 nitrogen and oxygen atoms in total. The van der Waals surface area contributed by atoms with Crippen LogP contribution in [0, 0.1) is 0 Å². The topological polar surface area (TPSA) is 75.0 Å². The quantitative estimate of drug-likeness (QED) is 0.533. The maximum atomic E-state index is 12.6. The van der Waals surface area contributed by atoms with E-state index in [1.165, 1.54) is 6.26 Å². The minimum absolute atomic E-state index is 0.103. The highest BCUT2D eigenvalue weighted by Gasteiger charge is 2.24. The van der Waals surface area contributed by atoms with Gasteiger partial charge in [-0.15, -0.1) is 0 Å². The number of anilines is 2. The highest BCUT2D eigenvalue weighted by Crippen LogP contribution is 2.30. The largest absolute Gasteiger partial charge is 0.494 e. The Labute approximate surface area is 197 Å². The van der Waals surface area contributed by atoms with Crippen molar-refractivity contribution in [1.82, 2.24) is 4.90 Å². The number of hydrogen-bond acceptors (Lipinski definition) is 5. The first-order valence-electron chi connectivity index (χ1n) is 11.0. The number of piperazine rings is 1. The molecule has 1 aliphatic heterocycles. The van der Waals surface area contributed by atoms with Gasteiger partial charge in [-0.2, -0.15) is 0 Å². The molecule has 2 heterocycles. The first kappa shape index (κ1) is 22.7. The minimum Gasteiger partial charge on any atom is -0.494 e. The Balaban J connectivity index is 1.34. The summed E-state index contributed by atoms with van der Waals surface area (Å²) < 4.78 is 10.8. The zero-order valence-electron chi connectivity index (χ0n) is 18.4. The van der Waals surface area contributed by atoms with Crippen LogP contribution < -0.4 is 15.0 Å². The molecule has 1 aliphatic rings. The van der Waals surface area contributed by atoms with Gasteiger partial charge in [0.15, 0.2) is 5.76 Å². The number of carbonyl (C=O) groups excluding carboxylic acids is 2. The highest BCUT2D eigenvalue weighted by atomic mass is 35.5. The van der Waals surface area contributed by atoms with Gasteiger partial charge in [0, 0.05) is 37.4 Å². The summed E-state index contributed by atoms with van der Waals surface area (Å²) >= 11 is 6.54. The van der Waals surface area contributed by atoms with Crippen molar-refractivity contribution < 1.29 is 18.7 Å². The van der Waals surface area contributed by atoms with Gasteiger partial charge in [-0.1, -0.05) is 18.5 Å². The number of halogens is 1. The Hall–Kier alpha value is -3.45. The summed E-state index contributed by atoms with van der Waals surface area (Å²) in [6.45, 7) is 5.15. The number of benzene rings is 2. The second-order valence-corrected chi connectivity index (χ2v) is 8.16. The Bertz CT molecular complexity index is 1090. The molecular weight excluding hydrogens is 442 g/mol. The van der Waals surface area contributed by atoms with Crippen LogP contribution in [0.1, 0.15) is 34.3 Å². The summed E-state index contributed by atoms with van der Waals surface area (Å²) in [5, 5.41) is 3.43. The zero-order valence-corrected chi connectivity index (χ0v) is 19.2. The second-order valence-electron chi connectivity index (χ2n) is 7.75. The molecule has 0 atom stereocenters. The van der Waals surface area contributed by atoms with E-state index < -0.39 is 0 Å². The van der Waals surface area contributed by atoms with E-state index in [1.54, 1.807) is 47.4 Å². The van der Waals surface area contributed by atoms with Gasteiger partial charge < -0.3 is 24.3 Å². The van der Waals surface area contributed by atoms with E-state index in [-0.39, 0.29) is 11.8 Å². The number of ether oxygens (including phenoxy) is 1. The van der Waals surface area contributed by atoms with Crippen molar-refractivity contribution in [3.05, 3.63) is 77.2 Å². The van der Waals surface area contributed by atoms with Crippen LogP contribution in [-0.4, -0.2) is 49.5 Å². The first-order chi connectivity index (χ1) is 16.0. The first-order valence-corrected chi connectivity index (χ1v) is 11.3. The van der Waals surface area contributed by atoms with Gasteiger partial charge >= 0.3 is 0 Å². The standard InChI is InChI=1S/C25H26ClN3O4/c1-2-15-32-20-8-5-18(6-9-20)24(30)27-19-7-10-22(21(26)17-19)28-11-13-29(14-12-28)25(31)23-4-3-16-33-23/h3-10,16-17H,2,11-15H2,1H3,(H,27,30). The lowest BCUT2D eigenvalue weighted by Crippen LogP contribution is -2.48. The monoisotopic (exact) mass is 467 g/mol. The van der Waals surface area contributed by atoms with Crippen LogP contribution in [0.5, 0.6) is 5.75 Å². The summed E-state index contributed by atoms with van der Waals surface area (Å²) in [7, 11) is 0. The van der Waals surface area contributed by atoms with E-state index in [1.807, 2.05) is 19.1 Å². The maximum Gasteiger partial charge on any atom is 0.289 e. The van der Waals surface area contributed by atoms with Crippen molar-refractivity contribution >= 4 is 34.8 Å².